The van der Waals surface area contributed by atoms with Crippen molar-refractivity contribution in [2.24, 2.45) is 0 Å². The van der Waals surface area contributed by atoms with Gasteiger partial charge in [0, 0.05) is 0 Å². The predicted molar refractivity (Wildman–Crippen MR) is 89.5 cm³/mol. The minimum absolute atomic E-state index is 1.04. The minimum atomic E-state index is 1.04. The summed E-state index contributed by atoms with van der Waals surface area (Å²) in [5, 5.41) is 0. The molecule has 0 N–H and O–H groups in total. The van der Waals surface area contributed by atoms with Crippen molar-refractivity contribution in [3.8, 4) is 0 Å². The van der Waals surface area contributed by atoms with Crippen LogP contribution in [0.2, 0.25) is 0 Å². The van der Waals surface area contributed by atoms with Crippen molar-refractivity contribution in [2.75, 3.05) is 0 Å². The molecule has 0 aromatic heterocycles. The van der Waals surface area contributed by atoms with Crippen LogP contribution >= 0.6 is 0 Å². The molecule has 0 atom stereocenters. The molecule has 19 heavy (non-hydrogen) atoms. The van der Waals surface area contributed by atoms with Gasteiger partial charge in [0.25, 0.3) is 0 Å². The summed E-state index contributed by atoms with van der Waals surface area (Å²) in [5.74, 6) is 0. The maximum atomic E-state index is 3.80. The first-order chi connectivity index (χ1) is 9.10. The van der Waals surface area contributed by atoms with E-state index in [9.17, 15) is 0 Å². The summed E-state index contributed by atoms with van der Waals surface area (Å²) < 4.78 is 0. The lowest BCUT2D eigenvalue weighted by Crippen LogP contribution is -1.83. The van der Waals surface area contributed by atoms with Crippen LogP contribution in [-0.4, -0.2) is 0 Å². The van der Waals surface area contributed by atoms with E-state index in [1.165, 1.54) is 49.7 Å². The van der Waals surface area contributed by atoms with E-state index in [1.54, 1.807) is 5.57 Å². The van der Waals surface area contributed by atoms with E-state index in [1.807, 2.05) is 6.08 Å². The van der Waals surface area contributed by atoms with Gasteiger partial charge in [-0.15, -0.1) is 6.58 Å². The lowest BCUT2D eigenvalue weighted by atomic mass is 10.0. The minimum Gasteiger partial charge on any atom is -0.103 e. The van der Waals surface area contributed by atoms with Crippen LogP contribution in [0.5, 0.6) is 0 Å². The molecule has 0 radical (unpaired) electrons. The third-order valence-corrected chi connectivity index (χ3v) is 3.34. The van der Waals surface area contributed by atoms with Crippen LogP contribution in [-0.2, 0) is 0 Å². The maximum Gasteiger partial charge on any atom is -0.0142 e. The Bertz CT molecular complexity index is 322. The molecule has 0 aliphatic carbocycles. The largest absolute Gasteiger partial charge is 0.103 e. The smallest absolute Gasteiger partial charge is 0.0142 e. The van der Waals surface area contributed by atoms with Gasteiger partial charge in [0.15, 0.2) is 0 Å². The second-order valence-corrected chi connectivity index (χ2v) is 5.56. The van der Waals surface area contributed by atoms with Gasteiger partial charge in [-0.25, -0.2) is 0 Å². The van der Waals surface area contributed by atoms with Gasteiger partial charge in [0.05, 0.1) is 0 Å². The van der Waals surface area contributed by atoms with E-state index in [2.05, 4.69) is 52.5 Å². The number of rotatable bonds is 10. The average molecular weight is 260 g/mol. The van der Waals surface area contributed by atoms with Gasteiger partial charge in [-0.05, 0) is 72.6 Å². The molecule has 0 amide bonds. The van der Waals surface area contributed by atoms with E-state index in [0.29, 0.717) is 0 Å². The molecule has 0 fully saturated rings. The molecule has 0 bridgehead atoms. The number of allylic oxidation sites excluding steroid dienone is 7. The molecule has 0 aliphatic rings. The van der Waals surface area contributed by atoms with Gasteiger partial charge >= 0.3 is 0 Å². The van der Waals surface area contributed by atoms with Gasteiger partial charge in [-0.3, -0.25) is 0 Å². The number of hydrogen-bond donors (Lipinski definition) is 0. The monoisotopic (exact) mass is 260 g/mol. The fourth-order valence-corrected chi connectivity index (χ4v) is 2.10. The molecule has 0 aromatic carbocycles. The summed E-state index contributed by atoms with van der Waals surface area (Å²) in [5.41, 5.74) is 4.50. The third kappa shape index (κ3) is 11.8. The van der Waals surface area contributed by atoms with Gasteiger partial charge in [-0.2, -0.15) is 0 Å². The summed E-state index contributed by atoms with van der Waals surface area (Å²) in [4.78, 5) is 0. The zero-order chi connectivity index (χ0) is 14.5. The van der Waals surface area contributed by atoms with Crippen molar-refractivity contribution in [1.82, 2.24) is 0 Å². The summed E-state index contributed by atoms with van der Waals surface area (Å²) in [6, 6.07) is 0. The van der Waals surface area contributed by atoms with Crippen molar-refractivity contribution in [3.05, 3.63) is 47.6 Å². The van der Waals surface area contributed by atoms with Crippen molar-refractivity contribution in [1.29, 1.82) is 0 Å². The SMILES string of the molecule is C=CC/C(=C/C)CCC/C=C(\C)CCCC=C(C)C. The van der Waals surface area contributed by atoms with Crippen LogP contribution < -0.4 is 0 Å². The Kier molecular flexibility index (Phi) is 11.4. The van der Waals surface area contributed by atoms with Crippen LogP contribution in [0.3, 0.4) is 0 Å². The highest BCUT2D eigenvalue weighted by Crippen LogP contribution is 2.14. The number of unbranched alkanes of at least 4 members (excludes halogenated alkanes) is 2. The lowest BCUT2D eigenvalue weighted by molar-refractivity contribution is 0.789. The Morgan fingerprint density at radius 1 is 0.947 bits per heavy atom. The molecule has 0 heteroatoms. The molecule has 0 heterocycles. The Labute approximate surface area is 121 Å². The van der Waals surface area contributed by atoms with Crippen LogP contribution in [0.15, 0.2) is 47.6 Å². The van der Waals surface area contributed by atoms with E-state index in [0.717, 1.165) is 6.42 Å². The second kappa shape index (κ2) is 12.0. The van der Waals surface area contributed by atoms with Crippen LogP contribution in [0.1, 0.15) is 72.6 Å². The predicted octanol–water partition coefficient (Wildman–Crippen LogP) is 6.76. The summed E-state index contributed by atoms with van der Waals surface area (Å²) in [6.07, 6.45) is 17.5. The Morgan fingerprint density at radius 3 is 2.16 bits per heavy atom. The summed E-state index contributed by atoms with van der Waals surface area (Å²) in [7, 11) is 0. The molecule has 108 valence electrons. The third-order valence-electron chi connectivity index (χ3n) is 3.34. The molecular formula is C19H32. The van der Waals surface area contributed by atoms with Crippen molar-refractivity contribution >= 4 is 0 Å². The van der Waals surface area contributed by atoms with Crippen molar-refractivity contribution in [3.63, 3.8) is 0 Å². The zero-order valence-electron chi connectivity index (χ0n) is 13.5. The van der Waals surface area contributed by atoms with Crippen LogP contribution in [0.25, 0.3) is 0 Å². The molecular weight excluding hydrogens is 228 g/mol. The van der Waals surface area contributed by atoms with E-state index < -0.39 is 0 Å². The molecule has 0 aliphatic heterocycles. The highest BCUT2D eigenvalue weighted by atomic mass is 14.0. The first-order valence-corrected chi connectivity index (χ1v) is 7.64. The molecule has 0 saturated heterocycles. The van der Waals surface area contributed by atoms with E-state index in [-0.39, 0.29) is 0 Å². The van der Waals surface area contributed by atoms with Crippen molar-refractivity contribution in [2.45, 2.75) is 72.6 Å². The fraction of sp³-hybridized carbons (Fsp3) is 0.579. The maximum absolute atomic E-state index is 3.80. The van der Waals surface area contributed by atoms with Crippen molar-refractivity contribution < 1.29 is 0 Å². The molecule has 0 unspecified atom stereocenters. The first-order valence-electron chi connectivity index (χ1n) is 7.64. The Balaban J connectivity index is 3.75. The highest BCUT2D eigenvalue weighted by Gasteiger charge is 1.94. The lowest BCUT2D eigenvalue weighted by Gasteiger charge is -2.03. The van der Waals surface area contributed by atoms with E-state index in [4.69, 9.17) is 0 Å². The average Bonchev–Trinajstić information content (AvgIpc) is 2.38. The molecule has 0 spiro atoms. The first kappa shape index (κ1) is 18.0. The summed E-state index contributed by atoms with van der Waals surface area (Å²) >= 11 is 0. The quantitative estimate of drug-likeness (QED) is 0.300. The van der Waals surface area contributed by atoms with Crippen LogP contribution in [0.4, 0.5) is 0 Å². The van der Waals surface area contributed by atoms with Gasteiger partial charge in [0.1, 0.15) is 0 Å². The summed E-state index contributed by atoms with van der Waals surface area (Å²) in [6.45, 7) is 12.5. The standard InChI is InChI=1S/C19H32/c1-6-12-19(7-2)16-11-10-15-18(5)14-9-8-13-17(3)4/h6-7,13,15H,1,8-12,14,16H2,2-5H3/b18-15+,19-7-. The van der Waals surface area contributed by atoms with Gasteiger partial charge in [-0.1, -0.05) is 41.0 Å². The fourth-order valence-electron chi connectivity index (χ4n) is 2.10. The second-order valence-electron chi connectivity index (χ2n) is 5.56. The zero-order valence-corrected chi connectivity index (χ0v) is 13.5. The highest BCUT2D eigenvalue weighted by molar-refractivity contribution is 5.05. The number of hydrogen-bond acceptors (Lipinski definition) is 0. The molecule has 0 rings (SSSR count). The van der Waals surface area contributed by atoms with E-state index >= 15 is 0 Å². The topological polar surface area (TPSA) is 0 Å². The molecule has 0 nitrogen and oxygen atoms in total. The molecule has 0 saturated carbocycles. The van der Waals surface area contributed by atoms with Crippen LogP contribution in [0, 0.1) is 0 Å². The van der Waals surface area contributed by atoms with Gasteiger partial charge in [0.2, 0.25) is 0 Å². The normalized spacial score (nSPS) is 12.4. The molecule has 0 aromatic rings. The Hall–Kier alpha value is -1.04. The Morgan fingerprint density at radius 2 is 1.58 bits per heavy atom. The van der Waals surface area contributed by atoms with Gasteiger partial charge < -0.3 is 0 Å².